The Morgan fingerprint density at radius 2 is 2.07 bits per heavy atom. The molecule has 1 N–H and O–H groups in total. The van der Waals surface area contributed by atoms with Gasteiger partial charge in [0.05, 0.1) is 0 Å². The van der Waals surface area contributed by atoms with Crippen LogP contribution in [0.15, 0.2) is 6.33 Å². The van der Waals surface area contributed by atoms with Crippen LogP contribution >= 0.6 is 0 Å². The monoisotopic (exact) mass is 210 g/mol. The highest BCUT2D eigenvalue weighted by molar-refractivity contribution is 4.90. The Bertz CT molecular complexity index is 293. The number of hydrogen-bond donors (Lipinski definition) is 1. The van der Waals surface area contributed by atoms with Crippen LogP contribution in [0.1, 0.15) is 26.6 Å². The van der Waals surface area contributed by atoms with Crippen molar-refractivity contribution in [3.05, 3.63) is 12.2 Å². The Balaban J connectivity index is 2.71. The summed E-state index contributed by atoms with van der Waals surface area (Å²) in [6.45, 7) is 6.74. The molecule has 0 saturated heterocycles. The Labute approximate surface area is 92.1 Å². The molecule has 0 fully saturated rings. The lowest BCUT2D eigenvalue weighted by molar-refractivity contribution is 0.292. The van der Waals surface area contributed by atoms with Gasteiger partial charge in [0.2, 0.25) is 0 Å². The minimum Gasteiger partial charge on any atom is -0.317 e. The van der Waals surface area contributed by atoms with Gasteiger partial charge in [-0.15, -0.1) is 0 Å². The van der Waals surface area contributed by atoms with Gasteiger partial charge in [0.25, 0.3) is 0 Å². The van der Waals surface area contributed by atoms with Gasteiger partial charge < -0.3 is 5.32 Å². The van der Waals surface area contributed by atoms with Gasteiger partial charge in [-0.25, -0.2) is 4.98 Å². The third kappa shape index (κ3) is 3.02. The smallest absolute Gasteiger partial charge is 0.138 e. The number of aryl methyl sites for hydroxylation is 1. The number of rotatable bonds is 5. The molecule has 4 nitrogen and oxygen atoms in total. The fourth-order valence-corrected chi connectivity index (χ4v) is 1.92. The highest BCUT2D eigenvalue weighted by atomic mass is 15.3. The molecule has 1 aromatic rings. The Hall–Kier alpha value is -0.900. The second kappa shape index (κ2) is 5.26. The van der Waals surface area contributed by atoms with E-state index in [2.05, 4.69) is 36.2 Å². The van der Waals surface area contributed by atoms with E-state index in [1.54, 1.807) is 6.33 Å². The van der Waals surface area contributed by atoms with Gasteiger partial charge in [-0.05, 0) is 25.8 Å². The molecule has 86 valence electrons. The maximum atomic E-state index is 4.28. The van der Waals surface area contributed by atoms with Crippen molar-refractivity contribution < 1.29 is 0 Å². The van der Waals surface area contributed by atoms with Crippen molar-refractivity contribution in [2.75, 3.05) is 7.05 Å². The molecule has 1 heterocycles. The SMILES string of the molecule is CNC(C)C(Cc1ncnn1C)C(C)C. The summed E-state index contributed by atoms with van der Waals surface area (Å²) in [7, 11) is 3.96. The van der Waals surface area contributed by atoms with Crippen molar-refractivity contribution in [3.8, 4) is 0 Å². The largest absolute Gasteiger partial charge is 0.317 e. The molecule has 2 unspecified atom stereocenters. The molecule has 4 heteroatoms. The van der Waals surface area contributed by atoms with Crippen LogP contribution in [0.5, 0.6) is 0 Å². The zero-order chi connectivity index (χ0) is 11.4. The lowest BCUT2D eigenvalue weighted by atomic mass is 9.86. The van der Waals surface area contributed by atoms with Gasteiger partial charge in [0.15, 0.2) is 0 Å². The maximum Gasteiger partial charge on any atom is 0.138 e. The Kier molecular flexibility index (Phi) is 4.27. The predicted molar refractivity (Wildman–Crippen MR) is 61.6 cm³/mol. The van der Waals surface area contributed by atoms with E-state index in [-0.39, 0.29) is 0 Å². The molecule has 1 aromatic heterocycles. The molecule has 0 amide bonds. The third-order valence-corrected chi connectivity index (χ3v) is 3.18. The molecule has 1 rings (SSSR count). The molecule has 0 aliphatic carbocycles. The number of nitrogens with one attached hydrogen (secondary N) is 1. The van der Waals surface area contributed by atoms with Gasteiger partial charge in [-0.1, -0.05) is 13.8 Å². The standard InChI is InChI=1S/C11H22N4/c1-8(2)10(9(3)12-4)6-11-13-7-14-15(11)5/h7-10,12H,6H2,1-5H3. The van der Waals surface area contributed by atoms with Crippen molar-refractivity contribution in [2.45, 2.75) is 33.2 Å². The molecular weight excluding hydrogens is 188 g/mol. The second-order valence-electron chi connectivity index (χ2n) is 4.49. The third-order valence-electron chi connectivity index (χ3n) is 3.18. The first-order chi connectivity index (χ1) is 7.06. The van der Waals surface area contributed by atoms with E-state index < -0.39 is 0 Å². The normalized spacial score (nSPS) is 15.6. The summed E-state index contributed by atoms with van der Waals surface area (Å²) in [5, 5.41) is 7.42. The van der Waals surface area contributed by atoms with Crippen LogP contribution in [0.25, 0.3) is 0 Å². The first-order valence-electron chi connectivity index (χ1n) is 5.56. The second-order valence-corrected chi connectivity index (χ2v) is 4.49. The molecule has 0 spiro atoms. The molecular formula is C11H22N4. The van der Waals surface area contributed by atoms with Crippen LogP contribution < -0.4 is 5.32 Å². The van der Waals surface area contributed by atoms with Crippen molar-refractivity contribution in [3.63, 3.8) is 0 Å². The summed E-state index contributed by atoms with van der Waals surface area (Å²) in [6.07, 6.45) is 2.60. The van der Waals surface area contributed by atoms with Crippen molar-refractivity contribution in [1.29, 1.82) is 0 Å². The summed E-state index contributed by atoms with van der Waals surface area (Å²) in [5.41, 5.74) is 0. The topological polar surface area (TPSA) is 42.7 Å². The molecule has 0 saturated carbocycles. The van der Waals surface area contributed by atoms with E-state index in [0.29, 0.717) is 17.9 Å². The summed E-state index contributed by atoms with van der Waals surface area (Å²) < 4.78 is 1.86. The van der Waals surface area contributed by atoms with E-state index in [1.165, 1.54) is 0 Å². The fraction of sp³-hybridized carbons (Fsp3) is 0.818. The number of nitrogens with zero attached hydrogens (tertiary/aromatic N) is 3. The van der Waals surface area contributed by atoms with Crippen LogP contribution in [-0.2, 0) is 13.5 Å². The van der Waals surface area contributed by atoms with Crippen molar-refractivity contribution in [2.24, 2.45) is 18.9 Å². The average molecular weight is 210 g/mol. The van der Waals surface area contributed by atoms with Gasteiger partial charge >= 0.3 is 0 Å². The number of hydrogen-bond acceptors (Lipinski definition) is 3. The average Bonchev–Trinajstić information content (AvgIpc) is 2.59. The Morgan fingerprint density at radius 1 is 1.40 bits per heavy atom. The molecule has 2 atom stereocenters. The quantitative estimate of drug-likeness (QED) is 0.795. The van der Waals surface area contributed by atoms with Crippen LogP contribution in [-0.4, -0.2) is 27.9 Å². The Morgan fingerprint density at radius 3 is 2.47 bits per heavy atom. The van der Waals surface area contributed by atoms with E-state index >= 15 is 0 Å². The highest BCUT2D eigenvalue weighted by Crippen LogP contribution is 2.19. The molecule has 15 heavy (non-hydrogen) atoms. The first-order valence-corrected chi connectivity index (χ1v) is 5.56. The van der Waals surface area contributed by atoms with Gasteiger partial charge in [0, 0.05) is 19.5 Å². The zero-order valence-corrected chi connectivity index (χ0v) is 10.4. The number of aromatic nitrogens is 3. The highest BCUT2D eigenvalue weighted by Gasteiger charge is 2.21. The summed E-state index contributed by atoms with van der Waals surface area (Å²) >= 11 is 0. The van der Waals surface area contributed by atoms with Crippen LogP contribution in [0.2, 0.25) is 0 Å². The van der Waals surface area contributed by atoms with Crippen LogP contribution in [0.3, 0.4) is 0 Å². The van der Waals surface area contributed by atoms with Crippen molar-refractivity contribution in [1.82, 2.24) is 20.1 Å². The molecule has 0 aliphatic rings. The van der Waals surface area contributed by atoms with Crippen LogP contribution in [0, 0.1) is 11.8 Å². The molecule has 0 radical (unpaired) electrons. The minimum absolute atomic E-state index is 0.502. The lowest BCUT2D eigenvalue weighted by Crippen LogP contribution is -2.35. The molecule has 0 aromatic carbocycles. The summed E-state index contributed by atoms with van der Waals surface area (Å²) in [6, 6.07) is 0.502. The van der Waals surface area contributed by atoms with E-state index in [9.17, 15) is 0 Å². The van der Waals surface area contributed by atoms with Gasteiger partial charge in [-0.3, -0.25) is 4.68 Å². The van der Waals surface area contributed by atoms with Crippen LogP contribution in [0.4, 0.5) is 0 Å². The maximum absolute atomic E-state index is 4.28. The molecule has 0 bridgehead atoms. The van der Waals surface area contributed by atoms with E-state index in [1.807, 2.05) is 18.8 Å². The lowest BCUT2D eigenvalue weighted by Gasteiger charge is -2.26. The summed E-state index contributed by atoms with van der Waals surface area (Å²) in [4.78, 5) is 4.28. The van der Waals surface area contributed by atoms with Gasteiger partial charge in [-0.2, -0.15) is 5.10 Å². The zero-order valence-electron chi connectivity index (χ0n) is 10.4. The van der Waals surface area contributed by atoms with E-state index in [0.717, 1.165) is 12.2 Å². The van der Waals surface area contributed by atoms with Gasteiger partial charge in [0.1, 0.15) is 12.2 Å². The van der Waals surface area contributed by atoms with Crippen molar-refractivity contribution >= 4 is 0 Å². The first kappa shape index (κ1) is 12.2. The fourth-order valence-electron chi connectivity index (χ4n) is 1.92. The van der Waals surface area contributed by atoms with E-state index in [4.69, 9.17) is 0 Å². The molecule has 0 aliphatic heterocycles. The minimum atomic E-state index is 0.502. The predicted octanol–water partition coefficient (Wildman–Crippen LogP) is 1.24. The summed E-state index contributed by atoms with van der Waals surface area (Å²) in [5.74, 6) is 2.30.